The first-order valence-electron chi connectivity index (χ1n) is 14.5. The third kappa shape index (κ3) is 5.36. The number of hydrogen-bond donors (Lipinski definition) is 0. The largest absolute Gasteiger partial charge is 0.464 e. The molecule has 4 aromatic rings. The number of amides is 2. The van der Waals surface area contributed by atoms with Crippen LogP contribution in [0.15, 0.2) is 64.3 Å². The van der Waals surface area contributed by atoms with Gasteiger partial charge in [0.1, 0.15) is 11.0 Å². The molecule has 220 valence electrons. The van der Waals surface area contributed by atoms with Crippen LogP contribution < -0.4 is 15.4 Å². The van der Waals surface area contributed by atoms with E-state index in [0.29, 0.717) is 37.1 Å². The molecule has 0 radical (unpaired) electrons. The summed E-state index contributed by atoms with van der Waals surface area (Å²) in [5.74, 6) is -0.406. The molecule has 0 spiro atoms. The molecule has 0 N–H and O–H groups in total. The van der Waals surface area contributed by atoms with E-state index in [9.17, 15) is 14.4 Å². The van der Waals surface area contributed by atoms with E-state index >= 15 is 0 Å². The van der Waals surface area contributed by atoms with Gasteiger partial charge in [0.15, 0.2) is 0 Å². The van der Waals surface area contributed by atoms with Gasteiger partial charge in [-0.1, -0.05) is 12.1 Å². The number of carbonyl (C=O) groups is 2. The zero-order valence-corrected chi connectivity index (χ0v) is 25.3. The average molecular weight is 570 g/mol. The standard InChI is InChI=1S/C33H39N5O4/c1-7-38-27-11-10-24(19-28(27)35(6)31(40)33(4,5)32(38)41)12-15-36(21-25-9-8-14-34-23(25)3)16-17-37-20-22(2)29-26(30(37)39)13-18-42-29/h8-11,13-14,18-20H,7,12,15-17,21H2,1-6H3. The maximum atomic E-state index is 13.3. The van der Waals surface area contributed by atoms with Gasteiger partial charge in [-0.15, -0.1) is 0 Å². The van der Waals surface area contributed by atoms with Crippen molar-refractivity contribution in [1.82, 2.24) is 14.5 Å². The van der Waals surface area contributed by atoms with Crippen LogP contribution in [0.4, 0.5) is 11.4 Å². The maximum absolute atomic E-state index is 13.3. The topological polar surface area (TPSA) is 91.9 Å². The van der Waals surface area contributed by atoms with Gasteiger partial charge in [0.05, 0.1) is 23.0 Å². The molecule has 0 saturated heterocycles. The molecule has 2 amide bonds. The third-order valence-electron chi connectivity index (χ3n) is 8.38. The van der Waals surface area contributed by atoms with E-state index in [-0.39, 0.29) is 17.4 Å². The summed E-state index contributed by atoms with van der Waals surface area (Å²) in [7, 11) is 1.74. The van der Waals surface area contributed by atoms with Gasteiger partial charge in [-0.05, 0) is 76.4 Å². The number of carbonyl (C=O) groups excluding carboxylic acids is 2. The van der Waals surface area contributed by atoms with E-state index in [1.165, 1.54) is 0 Å². The minimum atomic E-state index is -1.14. The second kappa shape index (κ2) is 11.6. The molecule has 42 heavy (non-hydrogen) atoms. The van der Waals surface area contributed by atoms with Crippen LogP contribution in [0.1, 0.15) is 43.2 Å². The second-order valence-electron chi connectivity index (χ2n) is 11.6. The van der Waals surface area contributed by atoms with Crippen LogP contribution in [0.25, 0.3) is 11.0 Å². The van der Waals surface area contributed by atoms with E-state index in [0.717, 1.165) is 46.7 Å². The number of furan rings is 1. The van der Waals surface area contributed by atoms with Gasteiger partial charge in [0.25, 0.3) is 5.56 Å². The van der Waals surface area contributed by atoms with Crippen LogP contribution >= 0.6 is 0 Å². The molecule has 5 rings (SSSR count). The second-order valence-corrected chi connectivity index (χ2v) is 11.6. The number of pyridine rings is 2. The summed E-state index contributed by atoms with van der Waals surface area (Å²) in [5.41, 5.74) is 5.04. The van der Waals surface area contributed by atoms with Gasteiger partial charge in [0, 0.05) is 63.4 Å². The van der Waals surface area contributed by atoms with Crippen molar-refractivity contribution in [2.24, 2.45) is 5.41 Å². The number of hydrogen-bond acceptors (Lipinski definition) is 6. The zero-order chi connectivity index (χ0) is 30.2. The van der Waals surface area contributed by atoms with E-state index in [1.54, 1.807) is 53.8 Å². The van der Waals surface area contributed by atoms with Crippen molar-refractivity contribution >= 4 is 34.2 Å². The van der Waals surface area contributed by atoms with Gasteiger partial charge >= 0.3 is 0 Å². The van der Waals surface area contributed by atoms with E-state index < -0.39 is 5.41 Å². The predicted molar refractivity (Wildman–Crippen MR) is 165 cm³/mol. The molecule has 0 aliphatic carbocycles. The zero-order valence-electron chi connectivity index (χ0n) is 25.3. The number of benzene rings is 1. The van der Waals surface area contributed by atoms with Gasteiger partial charge in [-0.2, -0.15) is 0 Å². The highest BCUT2D eigenvalue weighted by Gasteiger charge is 2.45. The van der Waals surface area contributed by atoms with E-state index in [2.05, 4.69) is 16.0 Å². The Morgan fingerprint density at radius 1 is 1.00 bits per heavy atom. The smallest absolute Gasteiger partial charge is 0.261 e. The molecular formula is C33H39N5O4. The highest BCUT2D eigenvalue weighted by molar-refractivity contribution is 6.19. The summed E-state index contributed by atoms with van der Waals surface area (Å²) in [4.78, 5) is 49.7. The summed E-state index contributed by atoms with van der Waals surface area (Å²) in [6, 6.07) is 11.8. The molecule has 0 fully saturated rings. The molecule has 1 aliphatic rings. The third-order valence-corrected chi connectivity index (χ3v) is 8.38. The Bertz CT molecular complexity index is 1700. The van der Waals surface area contributed by atoms with Gasteiger partial charge < -0.3 is 18.8 Å². The number of nitrogens with zero attached hydrogens (tertiary/aromatic N) is 5. The molecular weight excluding hydrogens is 530 g/mol. The number of fused-ring (bicyclic) bond motifs is 2. The van der Waals surface area contributed by atoms with Crippen LogP contribution in [0, 0.1) is 19.3 Å². The van der Waals surface area contributed by atoms with Crippen molar-refractivity contribution in [1.29, 1.82) is 0 Å². The fourth-order valence-electron chi connectivity index (χ4n) is 5.79. The first kappa shape index (κ1) is 29.3. The number of aryl methyl sites for hydroxylation is 2. The summed E-state index contributed by atoms with van der Waals surface area (Å²) < 4.78 is 7.27. The minimum absolute atomic E-state index is 0.0572. The molecule has 1 aliphatic heterocycles. The molecule has 9 nitrogen and oxygen atoms in total. The predicted octanol–water partition coefficient (Wildman–Crippen LogP) is 4.71. The Hall–Kier alpha value is -4.24. The van der Waals surface area contributed by atoms with Crippen molar-refractivity contribution in [3.63, 3.8) is 0 Å². The van der Waals surface area contributed by atoms with Gasteiger partial charge in [0.2, 0.25) is 11.8 Å². The summed E-state index contributed by atoms with van der Waals surface area (Å²) in [6.45, 7) is 12.4. The monoisotopic (exact) mass is 569 g/mol. The van der Waals surface area contributed by atoms with Crippen LogP contribution in [0.3, 0.4) is 0 Å². The van der Waals surface area contributed by atoms with Crippen molar-refractivity contribution in [2.45, 2.75) is 54.1 Å². The van der Waals surface area contributed by atoms with Gasteiger partial charge in [-0.3, -0.25) is 24.3 Å². The Morgan fingerprint density at radius 2 is 1.79 bits per heavy atom. The lowest BCUT2D eigenvalue weighted by molar-refractivity contribution is -0.137. The Balaban J connectivity index is 1.40. The van der Waals surface area contributed by atoms with Crippen molar-refractivity contribution < 1.29 is 14.0 Å². The molecule has 0 saturated carbocycles. The minimum Gasteiger partial charge on any atom is -0.464 e. The lowest BCUT2D eigenvalue weighted by Gasteiger charge is -2.27. The first-order chi connectivity index (χ1) is 20.0. The van der Waals surface area contributed by atoms with Crippen molar-refractivity contribution in [3.05, 3.63) is 87.8 Å². The summed E-state index contributed by atoms with van der Waals surface area (Å²) in [6.07, 6.45) is 5.95. The molecule has 0 atom stereocenters. The fourth-order valence-corrected chi connectivity index (χ4v) is 5.79. The SMILES string of the molecule is CCN1C(=O)C(C)(C)C(=O)N(C)c2cc(CCN(CCn3cc(C)c4occc4c3=O)Cc3cccnc3C)ccc21. The Kier molecular flexibility index (Phi) is 8.06. The average Bonchev–Trinajstić information content (AvgIpc) is 3.47. The Morgan fingerprint density at radius 3 is 2.52 bits per heavy atom. The van der Waals surface area contributed by atoms with E-state index in [1.807, 2.05) is 51.2 Å². The highest BCUT2D eigenvalue weighted by Crippen LogP contribution is 2.38. The fraction of sp³-hybridized carbons (Fsp3) is 0.394. The number of rotatable bonds is 9. The van der Waals surface area contributed by atoms with Crippen LogP contribution in [0.2, 0.25) is 0 Å². The summed E-state index contributed by atoms with van der Waals surface area (Å²) in [5, 5.41) is 0.594. The summed E-state index contributed by atoms with van der Waals surface area (Å²) >= 11 is 0. The molecule has 1 aromatic carbocycles. The molecule has 0 bridgehead atoms. The number of aromatic nitrogens is 2. The molecule has 0 unspecified atom stereocenters. The molecule has 3 aromatic heterocycles. The van der Waals surface area contributed by atoms with Gasteiger partial charge in [-0.25, -0.2) is 0 Å². The first-order valence-corrected chi connectivity index (χ1v) is 14.5. The lowest BCUT2D eigenvalue weighted by atomic mass is 9.90. The number of anilines is 2. The quantitative estimate of drug-likeness (QED) is 0.271. The Labute approximate surface area is 246 Å². The van der Waals surface area contributed by atoms with Crippen LogP contribution in [0.5, 0.6) is 0 Å². The molecule has 4 heterocycles. The van der Waals surface area contributed by atoms with E-state index in [4.69, 9.17) is 4.42 Å². The maximum Gasteiger partial charge on any atom is 0.261 e. The van der Waals surface area contributed by atoms with Crippen molar-refractivity contribution in [3.8, 4) is 0 Å². The van der Waals surface area contributed by atoms with Crippen molar-refractivity contribution in [2.75, 3.05) is 36.5 Å². The van der Waals surface area contributed by atoms with Crippen LogP contribution in [-0.4, -0.2) is 52.9 Å². The normalized spacial score (nSPS) is 15.0. The molecule has 9 heteroatoms. The lowest BCUT2D eigenvalue weighted by Crippen LogP contribution is -2.47. The highest BCUT2D eigenvalue weighted by atomic mass is 16.3. The van der Waals surface area contributed by atoms with Crippen LogP contribution in [-0.2, 0) is 29.1 Å².